The molecule has 0 amide bonds. The molecule has 1 heterocycles. The van der Waals surface area contributed by atoms with Crippen LogP contribution in [-0.4, -0.2) is 41.0 Å². The number of rotatable bonds is 6. The molecule has 0 bridgehead atoms. The lowest BCUT2D eigenvalue weighted by molar-refractivity contribution is 0.0522. The summed E-state index contributed by atoms with van der Waals surface area (Å²) in [5.41, 5.74) is 0.632. The topological polar surface area (TPSA) is 102 Å². The highest BCUT2D eigenvalue weighted by Gasteiger charge is 2.17. The Bertz CT molecular complexity index is 804. The number of carbonyl (C=O) groups is 1. The second-order valence-corrected chi connectivity index (χ2v) is 5.60. The first-order chi connectivity index (χ1) is 11.5. The monoisotopic (exact) mass is 350 g/mol. The summed E-state index contributed by atoms with van der Waals surface area (Å²) in [7, 11) is 1.46. The number of H-pyrrole nitrogens is 1. The molecule has 0 saturated carbocycles. The number of thioether (sulfide) groups is 1. The van der Waals surface area contributed by atoms with E-state index in [9.17, 15) is 14.7 Å². The van der Waals surface area contributed by atoms with Gasteiger partial charge in [0.1, 0.15) is 11.3 Å². The number of methoxy groups -OCH3 is 1. The number of ether oxygens (including phenoxy) is 2. The highest BCUT2D eigenvalue weighted by Crippen LogP contribution is 2.24. The van der Waals surface area contributed by atoms with Crippen molar-refractivity contribution < 1.29 is 19.4 Å². The van der Waals surface area contributed by atoms with E-state index in [1.165, 1.54) is 18.9 Å². The van der Waals surface area contributed by atoms with Gasteiger partial charge in [0.15, 0.2) is 5.16 Å². The van der Waals surface area contributed by atoms with Crippen LogP contribution in [0.2, 0.25) is 0 Å². The van der Waals surface area contributed by atoms with Crippen molar-refractivity contribution in [3.05, 3.63) is 45.2 Å². The number of nitrogens with one attached hydrogen (secondary N) is 1. The number of hydrogen-bond acceptors (Lipinski definition) is 7. The molecule has 0 atom stereocenters. The predicted octanol–water partition coefficient (Wildman–Crippen LogP) is 1.97. The van der Waals surface area contributed by atoms with E-state index >= 15 is 0 Å². The standard InChI is InChI=1S/C16H18N2O5S/c1-4-23-15(21)10-7-9(5-6-12(10)22-2)8-11-13(19)17-16(24-3)18-14(11)20/h5-7H,4,8H2,1-3H3,(H2,17,18,19,20). The summed E-state index contributed by atoms with van der Waals surface area (Å²) in [5, 5.41) is 10.3. The van der Waals surface area contributed by atoms with Gasteiger partial charge in [0.2, 0.25) is 5.88 Å². The van der Waals surface area contributed by atoms with Crippen LogP contribution in [0.5, 0.6) is 11.6 Å². The van der Waals surface area contributed by atoms with Crippen LogP contribution in [0.25, 0.3) is 0 Å². The van der Waals surface area contributed by atoms with Crippen LogP contribution in [0, 0.1) is 0 Å². The third-order valence-electron chi connectivity index (χ3n) is 3.31. The minimum Gasteiger partial charge on any atom is -0.496 e. The molecule has 0 saturated heterocycles. The van der Waals surface area contributed by atoms with Crippen molar-refractivity contribution in [1.29, 1.82) is 0 Å². The lowest BCUT2D eigenvalue weighted by atomic mass is 10.0. The van der Waals surface area contributed by atoms with Gasteiger partial charge in [0, 0.05) is 6.42 Å². The Morgan fingerprint density at radius 3 is 2.75 bits per heavy atom. The lowest BCUT2D eigenvalue weighted by Crippen LogP contribution is -2.15. The van der Waals surface area contributed by atoms with Gasteiger partial charge in [-0.2, -0.15) is 4.98 Å². The van der Waals surface area contributed by atoms with Crippen molar-refractivity contribution >= 4 is 17.7 Å². The Morgan fingerprint density at radius 1 is 1.42 bits per heavy atom. The second kappa shape index (κ2) is 7.87. The van der Waals surface area contributed by atoms with E-state index in [-0.39, 0.29) is 30.0 Å². The SMILES string of the molecule is CCOC(=O)c1cc(Cc2c(O)nc(SC)[nH]c2=O)ccc1OC. The summed E-state index contributed by atoms with van der Waals surface area (Å²) < 4.78 is 10.2. The first kappa shape index (κ1) is 17.9. The molecule has 2 rings (SSSR count). The number of benzene rings is 1. The molecule has 7 nitrogen and oxygen atoms in total. The molecule has 24 heavy (non-hydrogen) atoms. The molecule has 128 valence electrons. The zero-order valence-electron chi connectivity index (χ0n) is 13.6. The predicted molar refractivity (Wildman–Crippen MR) is 90.1 cm³/mol. The Balaban J connectivity index is 2.39. The molecule has 0 fully saturated rings. The van der Waals surface area contributed by atoms with Gasteiger partial charge in [-0.1, -0.05) is 17.8 Å². The Kier molecular flexibility index (Phi) is 5.86. The van der Waals surface area contributed by atoms with Crippen molar-refractivity contribution in [3.8, 4) is 11.6 Å². The number of esters is 1. The fourth-order valence-electron chi connectivity index (χ4n) is 2.16. The summed E-state index contributed by atoms with van der Waals surface area (Å²) >= 11 is 1.22. The van der Waals surface area contributed by atoms with Gasteiger partial charge in [0.05, 0.1) is 19.3 Å². The van der Waals surface area contributed by atoms with E-state index < -0.39 is 11.5 Å². The average Bonchev–Trinajstić information content (AvgIpc) is 2.57. The normalized spacial score (nSPS) is 10.5. The third-order valence-corrected chi connectivity index (χ3v) is 3.89. The van der Waals surface area contributed by atoms with E-state index in [1.807, 2.05) is 0 Å². The number of nitrogens with zero attached hydrogens (tertiary/aromatic N) is 1. The van der Waals surface area contributed by atoms with Crippen molar-refractivity contribution in [3.63, 3.8) is 0 Å². The van der Waals surface area contributed by atoms with Crippen molar-refractivity contribution in [2.45, 2.75) is 18.5 Å². The number of hydrogen-bond donors (Lipinski definition) is 2. The van der Waals surface area contributed by atoms with Gasteiger partial charge in [-0.3, -0.25) is 4.79 Å². The first-order valence-corrected chi connectivity index (χ1v) is 8.42. The summed E-state index contributed by atoms with van der Waals surface area (Å²) in [6.07, 6.45) is 1.87. The number of aromatic hydroxyl groups is 1. The van der Waals surface area contributed by atoms with Crippen LogP contribution >= 0.6 is 11.8 Å². The third kappa shape index (κ3) is 3.88. The molecule has 1 aromatic carbocycles. The highest BCUT2D eigenvalue weighted by molar-refractivity contribution is 7.98. The van der Waals surface area contributed by atoms with Crippen LogP contribution < -0.4 is 10.3 Å². The van der Waals surface area contributed by atoms with E-state index in [0.717, 1.165) is 0 Å². The van der Waals surface area contributed by atoms with E-state index in [4.69, 9.17) is 9.47 Å². The Hall–Kier alpha value is -2.48. The molecule has 2 N–H and O–H groups in total. The molecule has 0 radical (unpaired) electrons. The Labute approximate surface area is 143 Å². The van der Waals surface area contributed by atoms with Gasteiger partial charge in [0.25, 0.3) is 5.56 Å². The van der Waals surface area contributed by atoms with Crippen LogP contribution in [0.3, 0.4) is 0 Å². The summed E-state index contributed by atoms with van der Waals surface area (Å²) in [4.78, 5) is 30.6. The number of aromatic amines is 1. The van der Waals surface area contributed by atoms with Gasteiger partial charge in [-0.25, -0.2) is 4.79 Å². The molecule has 0 aliphatic carbocycles. The first-order valence-electron chi connectivity index (χ1n) is 7.20. The van der Waals surface area contributed by atoms with Crippen molar-refractivity contribution in [1.82, 2.24) is 9.97 Å². The summed E-state index contributed by atoms with van der Waals surface area (Å²) in [6, 6.07) is 4.91. The van der Waals surface area contributed by atoms with Gasteiger partial charge >= 0.3 is 5.97 Å². The summed E-state index contributed by atoms with van der Waals surface area (Å²) in [6.45, 7) is 1.96. The van der Waals surface area contributed by atoms with E-state index in [0.29, 0.717) is 16.5 Å². The lowest BCUT2D eigenvalue weighted by Gasteiger charge is -2.10. The molecule has 2 aromatic rings. The van der Waals surface area contributed by atoms with Gasteiger partial charge in [-0.15, -0.1) is 0 Å². The molecule has 0 aliphatic rings. The number of carbonyl (C=O) groups excluding carboxylic acids is 1. The maximum Gasteiger partial charge on any atom is 0.341 e. The van der Waals surface area contributed by atoms with Crippen LogP contribution in [-0.2, 0) is 11.2 Å². The highest BCUT2D eigenvalue weighted by atomic mass is 32.2. The molecular weight excluding hydrogens is 332 g/mol. The minimum absolute atomic E-state index is 0.124. The molecule has 0 aliphatic heterocycles. The van der Waals surface area contributed by atoms with E-state index in [1.54, 1.807) is 31.4 Å². The van der Waals surface area contributed by atoms with Gasteiger partial charge in [-0.05, 0) is 30.9 Å². The quantitative estimate of drug-likeness (QED) is 0.466. The van der Waals surface area contributed by atoms with Gasteiger partial charge < -0.3 is 19.6 Å². The molecule has 1 aromatic heterocycles. The van der Waals surface area contributed by atoms with Crippen LogP contribution in [0.15, 0.2) is 28.2 Å². The minimum atomic E-state index is -0.509. The second-order valence-electron chi connectivity index (χ2n) is 4.81. The molecular formula is C16H18N2O5S. The van der Waals surface area contributed by atoms with Crippen LogP contribution in [0.1, 0.15) is 28.4 Å². The smallest absolute Gasteiger partial charge is 0.341 e. The number of aromatic nitrogens is 2. The molecule has 8 heteroatoms. The van der Waals surface area contributed by atoms with Crippen molar-refractivity contribution in [2.24, 2.45) is 0 Å². The zero-order valence-corrected chi connectivity index (χ0v) is 14.4. The maximum absolute atomic E-state index is 12.1. The summed E-state index contributed by atoms with van der Waals surface area (Å²) in [5.74, 6) is -0.451. The molecule has 0 spiro atoms. The molecule has 0 unspecified atom stereocenters. The average molecular weight is 350 g/mol. The fourth-order valence-corrected chi connectivity index (χ4v) is 2.53. The van der Waals surface area contributed by atoms with E-state index in [2.05, 4.69) is 9.97 Å². The van der Waals surface area contributed by atoms with Crippen LogP contribution in [0.4, 0.5) is 0 Å². The Morgan fingerprint density at radius 2 is 2.17 bits per heavy atom. The fraction of sp³-hybridized carbons (Fsp3) is 0.312. The largest absolute Gasteiger partial charge is 0.496 e. The zero-order chi connectivity index (χ0) is 17.7. The van der Waals surface area contributed by atoms with Crippen molar-refractivity contribution in [2.75, 3.05) is 20.0 Å². The maximum atomic E-state index is 12.1.